The molecule has 122 valence electrons. The molecule has 6 heteroatoms. The highest BCUT2D eigenvalue weighted by Gasteiger charge is 2.09. The van der Waals surface area contributed by atoms with Crippen molar-refractivity contribution in [2.24, 2.45) is 0 Å². The third-order valence-corrected chi connectivity index (χ3v) is 3.50. The summed E-state index contributed by atoms with van der Waals surface area (Å²) in [4.78, 5) is 22.3. The summed E-state index contributed by atoms with van der Waals surface area (Å²) in [6, 6.07) is 5.86. The van der Waals surface area contributed by atoms with Crippen LogP contribution in [0.4, 0.5) is 5.69 Å². The van der Waals surface area contributed by atoms with Gasteiger partial charge in [0.15, 0.2) is 0 Å². The van der Waals surface area contributed by atoms with E-state index >= 15 is 0 Å². The molecule has 0 aliphatic rings. The van der Waals surface area contributed by atoms with E-state index in [1.807, 2.05) is 25.2 Å². The lowest BCUT2D eigenvalue weighted by Gasteiger charge is -2.19. The Kier molecular flexibility index (Phi) is 6.50. The molecule has 2 rings (SSSR count). The van der Waals surface area contributed by atoms with Crippen LogP contribution in [0.15, 0.2) is 43.0 Å². The van der Waals surface area contributed by atoms with Gasteiger partial charge in [0, 0.05) is 45.8 Å². The number of nitrogens with one attached hydrogen (secondary N) is 1. The fraction of sp³-hybridized carbons (Fsp3) is 0.353. The molecular formula is C17H22N4O2. The van der Waals surface area contributed by atoms with Crippen molar-refractivity contribution in [1.82, 2.24) is 15.3 Å². The van der Waals surface area contributed by atoms with E-state index in [1.165, 1.54) is 5.56 Å². The predicted molar refractivity (Wildman–Crippen MR) is 89.7 cm³/mol. The molecule has 1 N–H and O–H groups in total. The van der Waals surface area contributed by atoms with E-state index in [-0.39, 0.29) is 5.91 Å². The maximum absolute atomic E-state index is 12.0. The molecule has 0 bridgehead atoms. The van der Waals surface area contributed by atoms with Gasteiger partial charge in [-0.25, -0.2) is 0 Å². The quantitative estimate of drug-likeness (QED) is 0.749. The minimum Gasteiger partial charge on any atom is -0.383 e. The van der Waals surface area contributed by atoms with Crippen LogP contribution in [0.2, 0.25) is 0 Å². The minimum atomic E-state index is -0.140. The lowest BCUT2D eigenvalue weighted by atomic mass is 10.2. The zero-order chi connectivity index (χ0) is 16.5. The van der Waals surface area contributed by atoms with Crippen molar-refractivity contribution in [3.05, 3.63) is 54.1 Å². The Morgan fingerprint density at radius 1 is 1.26 bits per heavy atom. The van der Waals surface area contributed by atoms with Crippen molar-refractivity contribution in [3.63, 3.8) is 0 Å². The van der Waals surface area contributed by atoms with Crippen LogP contribution in [0.5, 0.6) is 0 Å². The van der Waals surface area contributed by atoms with Gasteiger partial charge in [0.2, 0.25) is 0 Å². The Hall–Kier alpha value is -2.47. The topological polar surface area (TPSA) is 67.3 Å². The molecule has 0 unspecified atom stereocenters. The van der Waals surface area contributed by atoms with Gasteiger partial charge in [-0.2, -0.15) is 0 Å². The molecule has 1 amide bonds. The maximum Gasteiger partial charge on any atom is 0.253 e. The van der Waals surface area contributed by atoms with E-state index in [1.54, 1.807) is 31.9 Å². The Morgan fingerprint density at radius 2 is 2.04 bits per heavy atom. The molecule has 0 aromatic carbocycles. The van der Waals surface area contributed by atoms with Crippen molar-refractivity contribution in [1.29, 1.82) is 0 Å². The van der Waals surface area contributed by atoms with Gasteiger partial charge < -0.3 is 15.0 Å². The van der Waals surface area contributed by atoms with Gasteiger partial charge in [-0.1, -0.05) is 0 Å². The number of carbonyl (C=O) groups is 1. The molecule has 0 aliphatic heterocycles. The molecule has 6 nitrogen and oxygen atoms in total. The molecule has 0 radical (unpaired) electrons. The van der Waals surface area contributed by atoms with E-state index in [2.05, 4.69) is 20.2 Å². The zero-order valence-corrected chi connectivity index (χ0v) is 13.5. The number of amides is 1. The first-order chi connectivity index (χ1) is 11.2. The highest BCUT2D eigenvalue weighted by molar-refractivity contribution is 5.94. The first kappa shape index (κ1) is 16.9. The SMILES string of the molecule is COCCNC(=O)c1cncc(N(C)CCc2ccncc2)c1. The van der Waals surface area contributed by atoms with E-state index < -0.39 is 0 Å². The van der Waals surface area contributed by atoms with Crippen molar-refractivity contribution in [2.75, 3.05) is 38.8 Å². The number of nitrogens with zero attached hydrogens (tertiary/aromatic N) is 3. The fourth-order valence-electron chi connectivity index (χ4n) is 2.10. The molecule has 0 saturated carbocycles. The third-order valence-electron chi connectivity index (χ3n) is 3.50. The van der Waals surface area contributed by atoms with Crippen molar-refractivity contribution in [3.8, 4) is 0 Å². The first-order valence-corrected chi connectivity index (χ1v) is 7.53. The molecular weight excluding hydrogens is 292 g/mol. The Labute approximate surface area is 136 Å². The number of rotatable bonds is 8. The van der Waals surface area contributed by atoms with E-state index in [0.717, 1.165) is 18.7 Å². The van der Waals surface area contributed by atoms with Gasteiger partial charge >= 0.3 is 0 Å². The van der Waals surface area contributed by atoms with Crippen LogP contribution in [0.25, 0.3) is 0 Å². The summed E-state index contributed by atoms with van der Waals surface area (Å²) in [6.45, 7) is 1.81. The second-order valence-corrected chi connectivity index (χ2v) is 5.21. The second kappa shape index (κ2) is 8.85. The van der Waals surface area contributed by atoms with Gasteiger partial charge in [0.1, 0.15) is 0 Å². The predicted octanol–water partition coefficient (Wildman–Crippen LogP) is 1.53. The number of anilines is 1. The minimum absolute atomic E-state index is 0.140. The smallest absolute Gasteiger partial charge is 0.253 e. The Balaban J connectivity index is 1.94. The molecule has 23 heavy (non-hydrogen) atoms. The number of aromatic nitrogens is 2. The summed E-state index contributed by atoms with van der Waals surface area (Å²) >= 11 is 0. The van der Waals surface area contributed by atoms with Gasteiger partial charge in [-0.3, -0.25) is 14.8 Å². The standard InChI is InChI=1S/C17H22N4O2/c1-21(9-5-14-3-6-18-7-4-14)16-11-15(12-19-13-16)17(22)20-8-10-23-2/h3-4,6-7,11-13H,5,8-10H2,1-2H3,(H,20,22). The number of likely N-dealkylation sites (N-methyl/N-ethyl adjacent to an activating group) is 1. The summed E-state index contributed by atoms with van der Waals surface area (Å²) in [6.07, 6.45) is 7.83. The lowest BCUT2D eigenvalue weighted by Crippen LogP contribution is -2.27. The molecule has 2 heterocycles. The summed E-state index contributed by atoms with van der Waals surface area (Å²) in [5, 5.41) is 2.79. The van der Waals surface area contributed by atoms with Crippen LogP contribution < -0.4 is 10.2 Å². The summed E-state index contributed by atoms with van der Waals surface area (Å²) < 4.78 is 4.92. The van der Waals surface area contributed by atoms with Crippen molar-refractivity contribution in [2.45, 2.75) is 6.42 Å². The molecule has 0 saturated heterocycles. The van der Waals surface area contributed by atoms with Crippen molar-refractivity contribution >= 4 is 11.6 Å². The molecule has 0 spiro atoms. The Morgan fingerprint density at radius 3 is 2.78 bits per heavy atom. The molecule has 2 aromatic heterocycles. The molecule has 0 atom stereocenters. The number of hydrogen-bond acceptors (Lipinski definition) is 5. The fourth-order valence-corrected chi connectivity index (χ4v) is 2.10. The normalized spacial score (nSPS) is 10.3. The van der Waals surface area contributed by atoms with Crippen LogP contribution in [-0.2, 0) is 11.2 Å². The summed E-state index contributed by atoms with van der Waals surface area (Å²) in [5.41, 5.74) is 2.70. The van der Waals surface area contributed by atoms with Crippen LogP contribution in [0, 0.1) is 0 Å². The number of ether oxygens (including phenoxy) is 1. The highest BCUT2D eigenvalue weighted by atomic mass is 16.5. The molecule has 0 aliphatic carbocycles. The van der Waals surface area contributed by atoms with Gasteiger partial charge in [-0.05, 0) is 30.2 Å². The Bertz CT molecular complexity index is 619. The number of methoxy groups -OCH3 is 1. The van der Waals surface area contributed by atoms with E-state index in [9.17, 15) is 4.79 Å². The number of carbonyl (C=O) groups excluding carboxylic acids is 1. The van der Waals surface area contributed by atoms with E-state index in [4.69, 9.17) is 4.74 Å². The van der Waals surface area contributed by atoms with Crippen molar-refractivity contribution < 1.29 is 9.53 Å². The average Bonchev–Trinajstić information content (AvgIpc) is 2.61. The molecule has 0 fully saturated rings. The zero-order valence-electron chi connectivity index (χ0n) is 13.5. The number of pyridine rings is 2. The lowest BCUT2D eigenvalue weighted by molar-refractivity contribution is 0.0937. The second-order valence-electron chi connectivity index (χ2n) is 5.21. The van der Waals surface area contributed by atoms with Crippen LogP contribution in [0.3, 0.4) is 0 Å². The first-order valence-electron chi connectivity index (χ1n) is 7.53. The monoisotopic (exact) mass is 314 g/mol. The van der Waals surface area contributed by atoms with Gasteiger partial charge in [0.05, 0.1) is 24.1 Å². The number of hydrogen-bond donors (Lipinski definition) is 1. The summed E-state index contributed by atoms with van der Waals surface area (Å²) in [7, 11) is 3.59. The molecule has 2 aromatic rings. The maximum atomic E-state index is 12.0. The van der Waals surface area contributed by atoms with Crippen LogP contribution in [0.1, 0.15) is 15.9 Å². The van der Waals surface area contributed by atoms with Crippen LogP contribution in [-0.4, -0.2) is 49.7 Å². The largest absolute Gasteiger partial charge is 0.383 e. The third kappa shape index (κ3) is 5.34. The average molecular weight is 314 g/mol. The van der Waals surface area contributed by atoms with Gasteiger partial charge in [0.25, 0.3) is 5.91 Å². The van der Waals surface area contributed by atoms with Crippen LogP contribution >= 0.6 is 0 Å². The van der Waals surface area contributed by atoms with Gasteiger partial charge in [-0.15, -0.1) is 0 Å². The van der Waals surface area contributed by atoms with E-state index in [0.29, 0.717) is 18.7 Å². The summed E-state index contributed by atoms with van der Waals surface area (Å²) in [5.74, 6) is -0.140. The highest BCUT2D eigenvalue weighted by Crippen LogP contribution is 2.13.